The summed E-state index contributed by atoms with van der Waals surface area (Å²) in [7, 11) is 0. The van der Waals surface area contributed by atoms with Crippen molar-refractivity contribution in [2.75, 3.05) is 6.54 Å². The van der Waals surface area contributed by atoms with Crippen LogP contribution in [-0.4, -0.2) is 22.0 Å². The standard InChI is InChI=1S/C19H23N3O2/c23-18(20-8-7-15-10-13-5-6-14(15)9-13)12-22-17-4-2-1-3-16(17)21-11-19(22)24/h1-4,11,13-15H,5-10,12H2,(H,20,23)/t13-,14-,15-/m1/s1. The molecule has 1 N–H and O–H groups in total. The fourth-order valence-electron chi connectivity index (χ4n) is 4.60. The van der Waals surface area contributed by atoms with Gasteiger partial charge < -0.3 is 5.32 Å². The Kier molecular flexibility index (Phi) is 4.08. The number of nitrogens with zero attached hydrogens (tertiary/aromatic N) is 2. The smallest absolute Gasteiger partial charge is 0.269 e. The molecule has 2 fully saturated rings. The Hall–Kier alpha value is -2.17. The molecule has 5 heteroatoms. The Morgan fingerprint density at radius 2 is 2.12 bits per heavy atom. The van der Waals surface area contributed by atoms with Crippen LogP contribution < -0.4 is 10.9 Å². The number of benzene rings is 1. The molecule has 1 heterocycles. The third-order valence-electron chi connectivity index (χ3n) is 5.78. The zero-order valence-electron chi connectivity index (χ0n) is 13.8. The van der Waals surface area contributed by atoms with Crippen molar-refractivity contribution in [3.63, 3.8) is 0 Å². The van der Waals surface area contributed by atoms with E-state index in [4.69, 9.17) is 0 Å². The van der Waals surface area contributed by atoms with Crippen molar-refractivity contribution in [3.05, 3.63) is 40.8 Å². The third kappa shape index (κ3) is 2.95. The Balaban J connectivity index is 1.36. The monoisotopic (exact) mass is 325 g/mol. The zero-order chi connectivity index (χ0) is 16.5. The normalized spacial score (nSPS) is 25.2. The van der Waals surface area contributed by atoms with Gasteiger partial charge in [0.25, 0.3) is 5.56 Å². The van der Waals surface area contributed by atoms with Crippen molar-refractivity contribution in [2.45, 2.75) is 38.6 Å². The van der Waals surface area contributed by atoms with Crippen molar-refractivity contribution in [3.8, 4) is 0 Å². The first-order valence-corrected chi connectivity index (χ1v) is 8.92. The Labute approximate surface area is 141 Å². The first-order valence-electron chi connectivity index (χ1n) is 8.92. The highest BCUT2D eigenvalue weighted by Gasteiger charge is 2.38. The van der Waals surface area contributed by atoms with E-state index >= 15 is 0 Å². The lowest BCUT2D eigenvalue weighted by Gasteiger charge is -2.21. The summed E-state index contributed by atoms with van der Waals surface area (Å²) in [6.45, 7) is 0.767. The van der Waals surface area contributed by atoms with Gasteiger partial charge in [-0.2, -0.15) is 0 Å². The van der Waals surface area contributed by atoms with Crippen LogP contribution in [0.25, 0.3) is 11.0 Å². The van der Waals surface area contributed by atoms with Gasteiger partial charge in [0.1, 0.15) is 6.54 Å². The minimum absolute atomic E-state index is 0.0542. The minimum Gasteiger partial charge on any atom is -0.355 e. The molecule has 1 aromatic heterocycles. The molecular formula is C19H23N3O2. The fraction of sp³-hybridized carbons (Fsp3) is 0.526. The maximum Gasteiger partial charge on any atom is 0.269 e. The molecule has 2 saturated carbocycles. The lowest BCUT2D eigenvalue weighted by molar-refractivity contribution is -0.121. The van der Waals surface area contributed by atoms with Crippen LogP contribution in [0.2, 0.25) is 0 Å². The summed E-state index contributed by atoms with van der Waals surface area (Å²) in [6, 6.07) is 7.40. The number of hydrogen-bond acceptors (Lipinski definition) is 3. The molecular weight excluding hydrogens is 302 g/mol. The van der Waals surface area contributed by atoms with E-state index in [1.165, 1.54) is 36.4 Å². The second kappa shape index (κ2) is 6.38. The Morgan fingerprint density at radius 3 is 2.92 bits per heavy atom. The van der Waals surface area contributed by atoms with E-state index in [1.54, 1.807) is 0 Å². The number of aromatic nitrogens is 2. The number of carbonyl (C=O) groups is 1. The molecule has 5 nitrogen and oxygen atoms in total. The van der Waals surface area contributed by atoms with Crippen LogP contribution in [-0.2, 0) is 11.3 Å². The zero-order valence-corrected chi connectivity index (χ0v) is 13.8. The molecule has 0 aliphatic heterocycles. The van der Waals surface area contributed by atoms with Gasteiger partial charge in [-0.25, -0.2) is 4.98 Å². The summed E-state index contributed by atoms with van der Waals surface area (Å²) in [4.78, 5) is 28.4. The molecule has 1 aromatic carbocycles. The number of carbonyl (C=O) groups excluding carboxylic acids is 1. The van der Waals surface area contributed by atoms with Gasteiger partial charge in [0.15, 0.2) is 0 Å². The number of nitrogens with one attached hydrogen (secondary N) is 1. The fourth-order valence-corrected chi connectivity index (χ4v) is 4.60. The highest BCUT2D eigenvalue weighted by atomic mass is 16.2. The van der Waals surface area contributed by atoms with Gasteiger partial charge in [0.05, 0.1) is 17.2 Å². The van der Waals surface area contributed by atoms with E-state index in [1.807, 2.05) is 24.3 Å². The minimum atomic E-state index is -0.239. The largest absolute Gasteiger partial charge is 0.355 e. The predicted molar refractivity (Wildman–Crippen MR) is 92.6 cm³/mol. The highest BCUT2D eigenvalue weighted by molar-refractivity contribution is 5.79. The van der Waals surface area contributed by atoms with Crippen LogP contribution in [0.4, 0.5) is 0 Å². The first kappa shape index (κ1) is 15.4. The molecule has 1 amide bonds. The lowest BCUT2D eigenvalue weighted by Crippen LogP contribution is -2.33. The van der Waals surface area contributed by atoms with Crippen LogP contribution in [0.1, 0.15) is 32.1 Å². The Bertz CT molecular complexity index is 814. The van der Waals surface area contributed by atoms with Crippen LogP contribution in [0.15, 0.2) is 35.3 Å². The van der Waals surface area contributed by atoms with E-state index in [-0.39, 0.29) is 18.0 Å². The summed E-state index contributed by atoms with van der Waals surface area (Å²) < 4.78 is 1.50. The van der Waals surface area contributed by atoms with Crippen molar-refractivity contribution in [1.29, 1.82) is 0 Å². The van der Waals surface area contributed by atoms with Crippen molar-refractivity contribution in [1.82, 2.24) is 14.9 Å². The SMILES string of the molecule is O=C(Cn1c(=O)cnc2ccccc21)NCC[C@@H]1C[C@@H]2CC[C@@H]1C2. The van der Waals surface area contributed by atoms with Gasteiger partial charge in [-0.15, -0.1) is 0 Å². The second-order valence-electron chi connectivity index (χ2n) is 7.24. The molecule has 3 atom stereocenters. The van der Waals surface area contributed by atoms with Gasteiger partial charge in [-0.3, -0.25) is 14.2 Å². The van der Waals surface area contributed by atoms with Crippen molar-refractivity contribution < 1.29 is 4.79 Å². The third-order valence-corrected chi connectivity index (χ3v) is 5.78. The number of para-hydroxylation sites is 2. The highest BCUT2D eigenvalue weighted by Crippen LogP contribution is 2.49. The van der Waals surface area contributed by atoms with E-state index in [9.17, 15) is 9.59 Å². The topological polar surface area (TPSA) is 64.0 Å². The van der Waals surface area contributed by atoms with Gasteiger partial charge in [0.2, 0.25) is 5.91 Å². The van der Waals surface area contributed by atoms with Crippen LogP contribution in [0, 0.1) is 17.8 Å². The van der Waals surface area contributed by atoms with Crippen LogP contribution in [0.3, 0.4) is 0 Å². The van der Waals surface area contributed by atoms with Gasteiger partial charge >= 0.3 is 0 Å². The van der Waals surface area contributed by atoms with E-state index in [0.717, 1.165) is 29.7 Å². The molecule has 2 aliphatic carbocycles. The lowest BCUT2D eigenvalue weighted by atomic mass is 9.86. The first-order chi connectivity index (χ1) is 11.7. The molecule has 2 aromatic rings. The molecule has 2 bridgehead atoms. The van der Waals surface area contributed by atoms with Gasteiger partial charge in [0, 0.05) is 6.54 Å². The molecule has 0 radical (unpaired) electrons. The number of amides is 1. The molecule has 4 rings (SSSR count). The van der Waals surface area contributed by atoms with Crippen molar-refractivity contribution in [2.24, 2.45) is 17.8 Å². The van der Waals surface area contributed by atoms with Crippen LogP contribution in [0.5, 0.6) is 0 Å². The quantitative estimate of drug-likeness (QED) is 0.918. The summed E-state index contributed by atoms with van der Waals surface area (Å²) in [5, 5.41) is 2.99. The molecule has 24 heavy (non-hydrogen) atoms. The van der Waals surface area contributed by atoms with Gasteiger partial charge in [-0.1, -0.05) is 18.6 Å². The second-order valence-corrected chi connectivity index (χ2v) is 7.24. The maximum absolute atomic E-state index is 12.3. The summed E-state index contributed by atoms with van der Waals surface area (Å²) in [5.74, 6) is 2.52. The molecule has 0 spiro atoms. The van der Waals surface area contributed by atoms with Crippen LogP contribution >= 0.6 is 0 Å². The number of hydrogen-bond donors (Lipinski definition) is 1. The molecule has 2 aliphatic rings. The molecule has 0 saturated heterocycles. The molecule has 126 valence electrons. The van der Waals surface area contributed by atoms with Gasteiger partial charge in [-0.05, 0) is 55.6 Å². The van der Waals surface area contributed by atoms with Crippen molar-refractivity contribution >= 4 is 16.9 Å². The average Bonchev–Trinajstić information content (AvgIpc) is 3.20. The number of fused-ring (bicyclic) bond motifs is 3. The number of rotatable bonds is 5. The summed E-state index contributed by atoms with van der Waals surface area (Å²) >= 11 is 0. The Morgan fingerprint density at radius 1 is 1.25 bits per heavy atom. The molecule has 0 unspecified atom stereocenters. The average molecular weight is 325 g/mol. The maximum atomic E-state index is 12.3. The van der Waals surface area contributed by atoms with E-state index in [2.05, 4.69) is 10.3 Å². The summed E-state index contributed by atoms with van der Waals surface area (Å²) in [5.41, 5.74) is 1.19. The van der Waals surface area contributed by atoms with E-state index < -0.39 is 0 Å². The van der Waals surface area contributed by atoms with E-state index in [0.29, 0.717) is 12.1 Å². The predicted octanol–water partition coefficient (Wildman–Crippen LogP) is 2.34. The summed E-state index contributed by atoms with van der Waals surface area (Å²) in [6.07, 6.45) is 7.88.